The fourth-order valence-electron chi connectivity index (χ4n) is 4.02. The van der Waals surface area contributed by atoms with Gasteiger partial charge in [-0.1, -0.05) is 35.1 Å². The van der Waals surface area contributed by atoms with Crippen molar-refractivity contribution in [3.05, 3.63) is 98.1 Å². The van der Waals surface area contributed by atoms with E-state index in [-0.39, 0.29) is 42.3 Å². The number of halogens is 5. The smallest absolute Gasteiger partial charge is 0.434 e. The van der Waals surface area contributed by atoms with E-state index in [9.17, 15) is 32.9 Å². The monoisotopic (exact) mass is 670 g/mol. The number of ether oxygens (including phenoxy) is 2. The number of rotatable bonds is 7. The minimum atomic E-state index is -5.08. The summed E-state index contributed by atoms with van der Waals surface area (Å²) in [5, 5.41) is 20.7. The number of fused-ring (bicyclic) bond motifs is 1. The van der Waals surface area contributed by atoms with Crippen LogP contribution in [0.25, 0.3) is 6.08 Å². The topological polar surface area (TPSA) is 137 Å². The van der Waals surface area contributed by atoms with Crippen LogP contribution >= 0.6 is 38.9 Å². The van der Waals surface area contributed by atoms with Crippen LogP contribution < -0.4 is 19.6 Å². The molecule has 1 aliphatic heterocycles. The maximum absolute atomic E-state index is 14.2. The van der Waals surface area contributed by atoms with Crippen LogP contribution in [-0.4, -0.2) is 34.8 Å². The number of benzene rings is 2. The molecule has 0 unspecified atom stereocenters. The fourth-order valence-corrected chi connectivity index (χ4v) is 5.73. The van der Waals surface area contributed by atoms with Gasteiger partial charge in [0.05, 0.1) is 32.2 Å². The summed E-state index contributed by atoms with van der Waals surface area (Å²) in [5.74, 6) is -1.52. The Labute approximate surface area is 245 Å². The molecule has 0 radical (unpaired) electrons. The number of nitro benzene ring substituents is 1. The largest absolute Gasteiger partial charge is 0.471 e. The zero-order valence-electron chi connectivity index (χ0n) is 20.6. The molecular weight excluding hydrogens is 657 g/mol. The molecule has 1 aromatic heterocycles. The van der Waals surface area contributed by atoms with Crippen LogP contribution in [0.3, 0.4) is 0 Å². The molecule has 41 heavy (non-hydrogen) atoms. The number of nitro groups is 1. The van der Waals surface area contributed by atoms with Gasteiger partial charge in [-0.3, -0.25) is 19.5 Å². The van der Waals surface area contributed by atoms with Gasteiger partial charge in [0.2, 0.25) is 5.75 Å². The Balaban J connectivity index is 2.01. The Kier molecular flexibility index (Phi) is 8.66. The van der Waals surface area contributed by atoms with E-state index in [1.807, 2.05) is 0 Å². The number of nitriles is 1. The van der Waals surface area contributed by atoms with Crippen molar-refractivity contribution < 1.29 is 32.4 Å². The third kappa shape index (κ3) is 6.04. The van der Waals surface area contributed by atoms with Crippen LogP contribution in [-0.2, 0) is 9.53 Å². The van der Waals surface area contributed by atoms with Crippen molar-refractivity contribution >= 4 is 56.6 Å². The van der Waals surface area contributed by atoms with E-state index >= 15 is 0 Å². The predicted molar refractivity (Wildman–Crippen MR) is 144 cm³/mol. The quantitative estimate of drug-likeness (QED) is 0.204. The highest BCUT2D eigenvalue weighted by atomic mass is 79.9. The second-order valence-corrected chi connectivity index (χ2v) is 10.5. The summed E-state index contributed by atoms with van der Waals surface area (Å²) in [7, 11) is 0. The van der Waals surface area contributed by atoms with Gasteiger partial charge >= 0.3 is 17.8 Å². The maximum Gasteiger partial charge on any atom is 0.434 e. The molecular formula is C25H15BrClF3N4O6S. The van der Waals surface area contributed by atoms with Crippen molar-refractivity contribution in [2.75, 3.05) is 13.2 Å². The van der Waals surface area contributed by atoms with Crippen LogP contribution in [0.1, 0.15) is 24.1 Å². The van der Waals surface area contributed by atoms with E-state index in [4.69, 9.17) is 26.3 Å². The van der Waals surface area contributed by atoms with Gasteiger partial charge in [0.1, 0.15) is 6.07 Å². The second-order valence-electron chi connectivity index (χ2n) is 8.17. The van der Waals surface area contributed by atoms with Gasteiger partial charge < -0.3 is 9.47 Å². The lowest BCUT2D eigenvalue weighted by Crippen LogP contribution is -2.41. The Morgan fingerprint density at radius 3 is 2.61 bits per heavy atom. The summed E-state index contributed by atoms with van der Waals surface area (Å²) in [5.41, 5.74) is -3.45. The highest BCUT2D eigenvalue weighted by Crippen LogP contribution is 2.39. The molecule has 16 heteroatoms. The van der Waals surface area contributed by atoms with Gasteiger partial charge in [0.25, 0.3) is 5.56 Å². The van der Waals surface area contributed by atoms with Gasteiger partial charge in [-0.2, -0.15) is 18.4 Å². The molecule has 0 amide bonds. The zero-order chi connectivity index (χ0) is 30.1. The van der Waals surface area contributed by atoms with E-state index in [2.05, 4.69) is 20.9 Å². The SMILES string of the molecule is CCOC(=O)C1=C(C(F)(F)F)N=c2s/c(=C\c3cc(Br)c(OCC#N)c([N+](=O)[O-])c3)c(=O)n2[C@H]1c1ccc(Cl)cc1. The summed E-state index contributed by atoms with van der Waals surface area (Å²) in [6.45, 7) is 0.728. The number of hydrogen-bond acceptors (Lipinski definition) is 9. The van der Waals surface area contributed by atoms with Gasteiger partial charge in [-0.15, -0.1) is 0 Å². The predicted octanol–water partition coefficient (Wildman–Crippen LogP) is 4.57. The fraction of sp³-hybridized carbons (Fsp3) is 0.200. The van der Waals surface area contributed by atoms with E-state index in [1.54, 1.807) is 6.07 Å². The average molecular weight is 672 g/mol. The summed E-state index contributed by atoms with van der Waals surface area (Å²) < 4.78 is 53.6. The maximum atomic E-state index is 14.2. The number of hydrogen-bond donors (Lipinski definition) is 0. The molecule has 10 nitrogen and oxygen atoms in total. The van der Waals surface area contributed by atoms with Crippen LogP contribution in [0.5, 0.6) is 5.75 Å². The molecule has 0 saturated heterocycles. The molecule has 1 aliphatic rings. The Morgan fingerprint density at radius 2 is 2.02 bits per heavy atom. The van der Waals surface area contributed by atoms with Crippen molar-refractivity contribution in [1.82, 2.24) is 4.57 Å². The Bertz CT molecular complexity index is 1810. The third-order valence-electron chi connectivity index (χ3n) is 5.60. The number of aromatic nitrogens is 1. The first-order valence-corrected chi connectivity index (χ1v) is 13.4. The van der Waals surface area contributed by atoms with Crippen molar-refractivity contribution in [1.29, 1.82) is 5.26 Å². The molecule has 1 atom stereocenters. The van der Waals surface area contributed by atoms with E-state index in [1.165, 1.54) is 43.3 Å². The summed E-state index contributed by atoms with van der Waals surface area (Å²) in [4.78, 5) is 40.7. The molecule has 212 valence electrons. The van der Waals surface area contributed by atoms with Gasteiger partial charge in [-0.05, 0) is 58.3 Å². The lowest BCUT2D eigenvalue weighted by Gasteiger charge is -2.26. The molecule has 2 heterocycles. The number of carbonyl (C=O) groups is 1. The van der Waals surface area contributed by atoms with Gasteiger partial charge in [-0.25, -0.2) is 9.79 Å². The molecule has 2 aromatic carbocycles. The van der Waals surface area contributed by atoms with E-state index < -0.39 is 52.2 Å². The normalized spacial score (nSPS) is 15.1. The highest BCUT2D eigenvalue weighted by molar-refractivity contribution is 9.10. The minimum absolute atomic E-state index is 0.101. The molecule has 3 aromatic rings. The van der Waals surface area contributed by atoms with Crippen molar-refractivity contribution in [2.24, 2.45) is 4.99 Å². The zero-order valence-corrected chi connectivity index (χ0v) is 23.7. The summed E-state index contributed by atoms with van der Waals surface area (Å²) >= 11 is 9.71. The molecule has 0 bridgehead atoms. The van der Waals surface area contributed by atoms with E-state index in [0.717, 1.165) is 10.6 Å². The number of alkyl halides is 3. The van der Waals surface area contributed by atoms with Crippen LogP contribution in [0.4, 0.5) is 18.9 Å². The van der Waals surface area contributed by atoms with Crippen molar-refractivity contribution in [2.45, 2.75) is 19.1 Å². The first-order valence-electron chi connectivity index (χ1n) is 11.4. The van der Waals surface area contributed by atoms with Crippen molar-refractivity contribution in [3.63, 3.8) is 0 Å². The number of thiazole rings is 1. The standard InChI is InChI=1S/C25H15BrClF3N4O6S/c1-2-39-23(36)18-19(13-3-5-14(27)6-4-13)33-22(35)17(41-24(33)32-21(18)25(28,29)30)11-12-9-15(26)20(40-8-7-31)16(10-12)34(37)38/h3-6,9-11,19H,2,8H2,1H3/b17-11-/t19-/m0/s1. The summed E-state index contributed by atoms with van der Waals surface area (Å²) in [6, 6.07) is 8.15. The molecule has 0 spiro atoms. The lowest BCUT2D eigenvalue weighted by molar-refractivity contribution is -0.385. The number of nitrogens with zero attached hydrogens (tertiary/aromatic N) is 4. The summed E-state index contributed by atoms with van der Waals surface area (Å²) in [6.07, 6.45) is -3.84. The van der Waals surface area contributed by atoms with Gasteiger partial charge in [0, 0.05) is 11.1 Å². The Hall–Kier alpha value is -4.00. The first kappa shape index (κ1) is 30.0. The van der Waals surface area contributed by atoms with Crippen molar-refractivity contribution in [3.8, 4) is 11.8 Å². The van der Waals surface area contributed by atoms with Crippen LogP contribution in [0, 0.1) is 21.4 Å². The van der Waals surface area contributed by atoms with Crippen LogP contribution in [0.2, 0.25) is 5.02 Å². The molecule has 4 rings (SSSR count). The molecule has 0 aliphatic carbocycles. The molecule has 0 fully saturated rings. The average Bonchev–Trinajstić information content (AvgIpc) is 3.21. The number of allylic oxidation sites excluding steroid dienone is 1. The third-order valence-corrected chi connectivity index (χ3v) is 7.43. The Morgan fingerprint density at radius 1 is 1.34 bits per heavy atom. The lowest BCUT2D eigenvalue weighted by atomic mass is 9.95. The molecule has 0 saturated carbocycles. The first-order chi connectivity index (χ1) is 19.4. The van der Waals surface area contributed by atoms with Crippen LogP contribution in [0.15, 0.2) is 61.9 Å². The minimum Gasteiger partial charge on any atom is -0.471 e. The van der Waals surface area contributed by atoms with Gasteiger partial charge in [0.15, 0.2) is 17.1 Å². The highest BCUT2D eigenvalue weighted by Gasteiger charge is 2.45. The van der Waals surface area contributed by atoms with E-state index in [0.29, 0.717) is 11.3 Å². The second kappa shape index (κ2) is 11.9. The number of esters is 1. The molecule has 0 N–H and O–H groups in total. The number of carbonyl (C=O) groups excluding carboxylic acids is 1.